The van der Waals surface area contributed by atoms with Crippen molar-refractivity contribution in [3.8, 4) is 0 Å². The summed E-state index contributed by atoms with van der Waals surface area (Å²) in [6.45, 7) is 3.71. The van der Waals surface area contributed by atoms with Crippen LogP contribution in [0.2, 0.25) is 0 Å². The summed E-state index contributed by atoms with van der Waals surface area (Å²) >= 11 is 0. The lowest BCUT2D eigenvalue weighted by molar-refractivity contribution is -0.0195. The summed E-state index contributed by atoms with van der Waals surface area (Å²) in [6, 6.07) is 5.18. The molecule has 0 unspecified atom stereocenters. The fourth-order valence-electron chi connectivity index (χ4n) is 1.27. The van der Waals surface area contributed by atoms with Crippen LogP contribution in [-0.4, -0.2) is 22.3 Å². The largest absolute Gasteiger partial charge is 0.362 e. The summed E-state index contributed by atoms with van der Waals surface area (Å²) in [5, 5.41) is 17.3. The van der Waals surface area contributed by atoms with Crippen molar-refractivity contribution in [3.05, 3.63) is 34.9 Å². The molecule has 70 valence electrons. The molecular weight excluding hydrogens is 168 g/mol. The SMILES string of the molecule is Cc1cc(C)cc(C(=O)C(O)O)c1. The summed E-state index contributed by atoms with van der Waals surface area (Å²) in [6.07, 6.45) is -1.92. The minimum atomic E-state index is -1.92. The molecule has 0 saturated carbocycles. The highest BCUT2D eigenvalue weighted by molar-refractivity contribution is 5.98. The van der Waals surface area contributed by atoms with Gasteiger partial charge in [0.1, 0.15) is 0 Å². The average molecular weight is 180 g/mol. The van der Waals surface area contributed by atoms with Crippen LogP contribution in [0, 0.1) is 13.8 Å². The minimum Gasteiger partial charge on any atom is -0.362 e. The van der Waals surface area contributed by atoms with Crippen LogP contribution in [0.3, 0.4) is 0 Å². The Morgan fingerprint density at radius 2 is 1.62 bits per heavy atom. The molecule has 1 aromatic rings. The van der Waals surface area contributed by atoms with E-state index >= 15 is 0 Å². The first-order valence-corrected chi connectivity index (χ1v) is 3.99. The van der Waals surface area contributed by atoms with E-state index in [1.165, 1.54) is 0 Å². The van der Waals surface area contributed by atoms with Crippen LogP contribution in [0.25, 0.3) is 0 Å². The van der Waals surface area contributed by atoms with Gasteiger partial charge >= 0.3 is 0 Å². The molecule has 0 bridgehead atoms. The predicted molar refractivity (Wildman–Crippen MR) is 48.5 cm³/mol. The molecule has 0 aromatic heterocycles. The minimum absolute atomic E-state index is 0.340. The molecule has 0 heterocycles. The topological polar surface area (TPSA) is 57.5 Å². The average Bonchev–Trinajstić information content (AvgIpc) is 2.01. The third-order valence-corrected chi connectivity index (χ3v) is 1.74. The van der Waals surface area contributed by atoms with E-state index in [-0.39, 0.29) is 0 Å². The van der Waals surface area contributed by atoms with Crippen LogP contribution < -0.4 is 0 Å². The van der Waals surface area contributed by atoms with E-state index in [2.05, 4.69) is 0 Å². The molecular formula is C10H12O3. The fraction of sp³-hybridized carbons (Fsp3) is 0.300. The maximum absolute atomic E-state index is 11.1. The molecule has 0 saturated heterocycles. The monoisotopic (exact) mass is 180 g/mol. The van der Waals surface area contributed by atoms with Crippen LogP contribution in [0.15, 0.2) is 18.2 Å². The lowest BCUT2D eigenvalue weighted by atomic mass is 10.0. The first-order valence-electron chi connectivity index (χ1n) is 3.99. The second-order valence-corrected chi connectivity index (χ2v) is 3.11. The van der Waals surface area contributed by atoms with Gasteiger partial charge in [0, 0.05) is 5.56 Å². The molecule has 3 nitrogen and oxygen atoms in total. The van der Waals surface area contributed by atoms with E-state index in [0.29, 0.717) is 5.56 Å². The van der Waals surface area contributed by atoms with Gasteiger partial charge in [-0.25, -0.2) is 0 Å². The molecule has 1 aromatic carbocycles. The molecule has 0 atom stereocenters. The Bertz CT molecular complexity index is 309. The van der Waals surface area contributed by atoms with Crippen molar-refractivity contribution in [2.24, 2.45) is 0 Å². The quantitative estimate of drug-likeness (QED) is 0.522. The number of hydrogen-bond donors (Lipinski definition) is 2. The molecule has 0 aliphatic heterocycles. The van der Waals surface area contributed by atoms with E-state index in [1.54, 1.807) is 12.1 Å². The molecule has 0 radical (unpaired) electrons. The standard InChI is InChI=1S/C10H12O3/c1-6-3-7(2)5-8(4-6)9(11)10(12)13/h3-5,10,12-13H,1-2H3. The van der Waals surface area contributed by atoms with Gasteiger partial charge < -0.3 is 10.2 Å². The number of benzene rings is 1. The van der Waals surface area contributed by atoms with Gasteiger partial charge in [0.25, 0.3) is 0 Å². The second-order valence-electron chi connectivity index (χ2n) is 3.11. The van der Waals surface area contributed by atoms with Crippen LogP contribution in [0.1, 0.15) is 21.5 Å². The zero-order chi connectivity index (χ0) is 10.0. The van der Waals surface area contributed by atoms with Crippen molar-refractivity contribution in [2.75, 3.05) is 0 Å². The number of Topliss-reactive ketones (excluding diaryl/α,β-unsaturated/α-hetero) is 1. The predicted octanol–water partition coefficient (Wildman–Crippen LogP) is 0.797. The zero-order valence-corrected chi connectivity index (χ0v) is 7.61. The van der Waals surface area contributed by atoms with E-state index < -0.39 is 12.1 Å². The molecule has 1 rings (SSSR count). The van der Waals surface area contributed by atoms with Crippen LogP contribution in [0.5, 0.6) is 0 Å². The molecule has 0 aliphatic carbocycles. The number of aryl methyl sites for hydroxylation is 2. The maximum atomic E-state index is 11.1. The smallest absolute Gasteiger partial charge is 0.218 e. The number of hydrogen-bond acceptors (Lipinski definition) is 3. The Hall–Kier alpha value is -1.19. The van der Waals surface area contributed by atoms with Crippen LogP contribution in [-0.2, 0) is 0 Å². The van der Waals surface area contributed by atoms with Gasteiger partial charge in [-0.05, 0) is 26.0 Å². The second kappa shape index (κ2) is 3.68. The van der Waals surface area contributed by atoms with Gasteiger partial charge in [-0.3, -0.25) is 4.79 Å². The normalized spacial score (nSPS) is 10.5. The van der Waals surface area contributed by atoms with Crippen LogP contribution in [0.4, 0.5) is 0 Å². The molecule has 0 amide bonds. The molecule has 0 spiro atoms. The van der Waals surface area contributed by atoms with E-state index in [4.69, 9.17) is 10.2 Å². The van der Waals surface area contributed by atoms with Crippen molar-refractivity contribution in [1.82, 2.24) is 0 Å². The Labute approximate surface area is 76.6 Å². The molecule has 13 heavy (non-hydrogen) atoms. The van der Waals surface area contributed by atoms with E-state index in [1.807, 2.05) is 19.9 Å². The van der Waals surface area contributed by atoms with Crippen molar-refractivity contribution in [1.29, 1.82) is 0 Å². The Morgan fingerprint density at radius 3 is 2.00 bits per heavy atom. The summed E-state index contributed by atoms with van der Waals surface area (Å²) < 4.78 is 0. The third-order valence-electron chi connectivity index (χ3n) is 1.74. The van der Waals surface area contributed by atoms with Crippen molar-refractivity contribution < 1.29 is 15.0 Å². The summed E-state index contributed by atoms with van der Waals surface area (Å²) in [7, 11) is 0. The third kappa shape index (κ3) is 2.37. The Kier molecular flexibility index (Phi) is 2.80. The van der Waals surface area contributed by atoms with E-state index in [0.717, 1.165) is 11.1 Å². The highest BCUT2D eigenvalue weighted by Crippen LogP contribution is 2.10. The summed E-state index contributed by atoms with van der Waals surface area (Å²) in [5.74, 6) is -0.660. The Balaban J connectivity index is 3.08. The molecule has 0 fully saturated rings. The number of aliphatic hydroxyl groups excluding tert-OH is 1. The highest BCUT2D eigenvalue weighted by atomic mass is 16.5. The van der Waals surface area contributed by atoms with Crippen LogP contribution >= 0.6 is 0 Å². The first kappa shape index (κ1) is 9.89. The van der Waals surface area contributed by atoms with Crippen molar-refractivity contribution >= 4 is 5.78 Å². The molecule has 0 aliphatic rings. The summed E-state index contributed by atoms with van der Waals surface area (Å²) in [5.41, 5.74) is 2.21. The summed E-state index contributed by atoms with van der Waals surface area (Å²) in [4.78, 5) is 11.1. The highest BCUT2D eigenvalue weighted by Gasteiger charge is 2.13. The Morgan fingerprint density at radius 1 is 1.15 bits per heavy atom. The first-order chi connectivity index (χ1) is 6.00. The van der Waals surface area contributed by atoms with E-state index in [9.17, 15) is 4.79 Å². The van der Waals surface area contributed by atoms with Crippen molar-refractivity contribution in [3.63, 3.8) is 0 Å². The van der Waals surface area contributed by atoms with Gasteiger partial charge in [0.05, 0.1) is 0 Å². The van der Waals surface area contributed by atoms with Gasteiger partial charge in [-0.1, -0.05) is 17.2 Å². The number of carbonyl (C=O) groups excluding carboxylic acids is 1. The number of rotatable bonds is 2. The maximum Gasteiger partial charge on any atom is 0.218 e. The lowest BCUT2D eigenvalue weighted by Gasteiger charge is -2.04. The zero-order valence-electron chi connectivity index (χ0n) is 7.61. The molecule has 2 N–H and O–H groups in total. The van der Waals surface area contributed by atoms with Gasteiger partial charge in [0.2, 0.25) is 12.1 Å². The van der Waals surface area contributed by atoms with Gasteiger partial charge in [0.15, 0.2) is 0 Å². The van der Waals surface area contributed by atoms with Gasteiger partial charge in [-0.2, -0.15) is 0 Å². The number of ketones is 1. The molecule has 3 heteroatoms. The number of aliphatic hydroxyl groups is 2. The van der Waals surface area contributed by atoms with Crippen molar-refractivity contribution in [2.45, 2.75) is 20.1 Å². The number of carbonyl (C=O) groups is 1. The van der Waals surface area contributed by atoms with Gasteiger partial charge in [-0.15, -0.1) is 0 Å². The lowest BCUT2D eigenvalue weighted by Crippen LogP contribution is -2.19. The fourth-order valence-corrected chi connectivity index (χ4v) is 1.27.